The molecular formula is C10H13FN2O3S. The minimum atomic E-state index is -3.90. The molecule has 0 aliphatic rings. The highest BCUT2D eigenvalue weighted by Crippen LogP contribution is 2.16. The van der Waals surface area contributed by atoms with Crippen LogP contribution in [0.5, 0.6) is 0 Å². The number of hydrogen-bond donors (Lipinski definition) is 1. The first-order chi connectivity index (χ1) is 7.86. The number of rotatable bonds is 4. The third-order valence-corrected chi connectivity index (χ3v) is 3.13. The SMILES string of the molecule is CN(C)/C=N/S(=O)(=O)c1ccc(CO)c(F)c1. The standard InChI is InChI=1S/C10H13FN2O3S/c1-13(2)7-12-17(15,16)9-4-3-8(6-14)10(11)5-9/h3-5,7,14H,6H2,1-2H3/b12-7+. The normalized spacial score (nSPS) is 12.0. The third kappa shape index (κ3) is 3.50. The molecule has 0 aromatic heterocycles. The smallest absolute Gasteiger partial charge is 0.283 e. The van der Waals surface area contributed by atoms with Gasteiger partial charge in [0.05, 0.1) is 11.5 Å². The Balaban J connectivity index is 3.12. The van der Waals surface area contributed by atoms with Crippen molar-refractivity contribution in [2.75, 3.05) is 14.1 Å². The van der Waals surface area contributed by atoms with Gasteiger partial charge < -0.3 is 10.0 Å². The number of halogens is 1. The molecule has 0 fully saturated rings. The van der Waals surface area contributed by atoms with E-state index < -0.39 is 22.4 Å². The van der Waals surface area contributed by atoms with Gasteiger partial charge >= 0.3 is 0 Å². The minimum Gasteiger partial charge on any atom is -0.392 e. The van der Waals surface area contributed by atoms with Gasteiger partial charge in [0.25, 0.3) is 10.0 Å². The van der Waals surface area contributed by atoms with Gasteiger partial charge in [-0.25, -0.2) is 4.39 Å². The second-order valence-electron chi connectivity index (χ2n) is 3.57. The second kappa shape index (κ2) is 5.24. The molecule has 0 spiro atoms. The van der Waals surface area contributed by atoms with Crippen molar-refractivity contribution in [3.8, 4) is 0 Å². The highest BCUT2D eigenvalue weighted by atomic mass is 32.2. The lowest BCUT2D eigenvalue weighted by atomic mass is 10.2. The van der Waals surface area contributed by atoms with Crippen LogP contribution in [0.3, 0.4) is 0 Å². The zero-order valence-corrected chi connectivity index (χ0v) is 10.3. The number of hydrogen-bond acceptors (Lipinski definition) is 3. The maximum atomic E-state index is 13.3. The number of benzene rings is 1. The first-order valence-corrected chi connectivity index (χ1v) is 6.17. The monoisotopic (exact) mass is 260 g/mol. The Labute approximate surface area is 99.3 Å². The molecule has 0 atom stereocenters. The molecule has 0 saturated carbocycles. The van der Waals surface area contributed by atoms with Gasteiger partial charge in [-0.1, -0.05) is 6.07 Å². The summed E-state index contributed by atoms with van der Waals surface area (Å²) >= 11 is 0. The number of aliphatic hydroxyl groups excluding tert-OH is 1. The Kier molecular flexibility index (Phi) is 4.19. The Bertz CT molecular complexity index is 526. The average molecular weight is 260 g/mol. The van der Waals surface area contributed by atoms with E-state index in [2.05, 4.69) is 4.40 Å². The molecule has 0 radical (unpaired) electrons. The lowest BCUT2D eigenvalue weighted by molar-refractivity contribution is 0.275. The molecule has 17 heavy (non-hydrogen) atoms. The van der Waals surface area contributed by atoms with Crippen LogP contribution < -0.4 is 0 Å². The summed E-state index contributed by atoms with van der Waals surface area (Å²) in [6, 6.07) is 3.26. The topological polar surface area (TPSA) is 70.0 Å². The molecule has 0 aliphatic heterocycles. The molecule has 5 nitrogen and oxygen atoms in total. The predicted octanol–water partition coefficient (Wildman–Crippen LogP) is 0.597. The summed E-state index contributed by atoms with van der Waals surface area (Å²) in [5.41, 5.74) is 0.0422. The van der Waals surface area contributed by atoms with Crippen molar-refractivity contribution in [2.45, 2.75) is 11.5 Å². The molecule has 0 heterocycles. The number of sulfonamides is 1. The van der Waals surface area contributed by atoms with E-state index in [9.17, 15) is 12.8 Å². The molecule has 0 unspecified atom stereocenters. The van der Waals surface area contributed by atoms with Crippen LogP contribution in [0.4, 0.5) is 4.39 Å². The molecule has 7 heteroatoms. The van der Waals surface area contributed by atoms with E-state index in [0.717, 1.165) is 12.4 Å². The number of nitrogens with zero attached hydrogens (tertiary/aromatic N) is 2. The van der Waals surface area contributed by atoms with Crippen molar-refractivity contribution < 1.29 is 17.9 Å². The first kappa shape index (κ1) is 13.6. The van der Waals surface area contributed by atoms with Crippen LogP contribution in [0.2, 0.25) is 0 Å². The van der Waals surface area contributed by atoms with E-state index in [-0.39, 0.29) is 10.5 Å². The highest BCUT2D eigenvalue weighted by Gasteiger charge is 2.14. The van der Waals surface area contributed by atoms with E-state index in [1.165, 1.54) is 17.0 Å². The van der Waals surface area contributed by atoms with Gasteiger partial charge in [-0.15, -0.1) is 4.40 Å². The van der Waals surface area contributed by atoms with Gasteiger partial charge in [0, 0.05) is 19.7 Å². The summed E-state index contributed by atoms with van der Waals surface area (Å²) in [4.78, 5) is 1.21. The summed E-state index contributed by atoms with van der Waals surface area (Å²) in [7, 11) is -0.658. The lowest BCUT2D eigenvalue weighted by Gasteiger charge is -2.04. The van der Waals surface area contributed by atoms with Crippen molar-refractivity contribution >= 4 is 16.4 Å². The zero-order chi connectivity index (χ0) is 13.1. The Morgan fingerprint density at radius 3 is 2.59 bits per heavy atom. The second-order valence-corrected chi connectivity index (χ2v) is 5.20. The summed E-state index contributed by atoms with van der Waals surface area (Å²) in [6.07, 6.45) is 1.12. The largest absolute Gasteiger partial charge is 0.392 e. The van der Waals surface area contributed by atoms with Gasteiger partial charge in [0.15, 0.2) is 0 Å². The van der Waals surface area contributed by atoms with Crippen LogP contribution in [0.25, 0.3) is 0 Å². The van der Waals surface area contributed by atoms with E-state index in [0.29, 0.717) is 0 Å². The Hall–Kier alpha value is -1.47. The van der Waals surface area contributed by atoms with E-state index >= 15 is 0 Å². The van der Waals surface area contributed by atoms with Crippen molar-refractivity contribution in [3.63, 3.8) is 0 Å². The minimum absolute atomic E-state index is 0.0422. The highest BCUT2D eigenvalue weighted by molar-refractivity contribution is 7.90. The van der Waals surface area contributed by atoms with Crippen molar-refractivity contribution in [1.29, 1.82) is 0 Å². The molecular weight excluding hydrogens is 247 g/mol. The first-order valence-electron chi connectivity index (χ1n) is 4.73. The van der Waals surface area contributed by atoms with Crippen LogP contribution in [-0.4, -0.2) is 38.9 Å². The fourth-order valence-corrected chi connectivity index (χ4v) is 1.96. The van der Waals surface area contributed by atoms with Crippen LogP contribution >= 0.6 is 0 Å². The summed E-state index contributed by atoms with van der Waals surface area (Å²) in [5.74, 6) is -0.770. The molecule has 1 rings (SSSR count). The van der Waals surface area contributed by atoms with Crippen LogP contribution in [0.15, 0.2) is 27.5 Å². The molecule has 0 amide bonds. The molecule has 0 aliphatic carbocycles. The molecule has 0 saturated heterocycles. The maximum Gasteiger partial charge on any atom is 0.283 e. The molecule has 1 aromatic rings. The fraction of sp³-hybridized carbons (Fsp3) is 0.300. The predicted molar refractivity (Wildman–Crippen MR) is 61.7 cm³/mol. The van der Waals surface area contributed by atoms with Crippen LogP contribution in [0.1, 0.15) is 5.56 Å². The van der Waals surface area contributed by atoms with Crippen LogP contribution in [0, 0.1) is 5.82 Å². The summed E-state index contributed by atoms with van der Waals surface area (Å²) < 4.78 is 39.9. The van der Waals surface area contributed by atoms with Crippen molar-refractivity contribution in [1.82, 2.24) is 4.90 Å². The van der Waals surface area contributed by atoms with Gasteiger partial charge in [-0.3, -0.25) is 0 Å². The van der Waals surface area contributed by atoms with Crippen molar-refractivity contribution in [3.05, 3.63) is 29.6 Å². The third-order valence-electron chi connectivity index (χ3n) is 1.91. The zero-order valence-electron chi connectivity index (χ0n) is 9.46. The summed E-state index contributed by atoms with van der Waals surface area (Å²) in [6.45, 7) is -0.479. The Morgan fingerprint density at radius 2 is 2.12 bits per heavy atom. The van der Waals surface area contributed by atoms with E-state index in [4.69, 9.17) is 5.11 Å². The van der Waals surface area contributed by atoms with Gasteiger partial charge in [-0.2, -0.15) is 8.42 Å². The maximum absolute atomic E-state index is 13.3. The van der Waals surface area contributed by atoms with E-state index in [1.807, 2.05) is 0 Å². The van der Waals surface area contributed by atoms with Crippen molar-refractivity contribution in [2.24, 2.45) is 4.40 Å². The number of aliphatic hydroxyl groups is 1. The average Bonchev–Trinajstić information content (AvgIpc) is 2.26. The molecule has 1 N–H and O–H groups in total. The summed E-state index contributed by atoms with van der Waals surface area (Å²) in [5, 5.41) is 8.76. The van der Waals surface area contributed by atoms with Gasteiger partial charge in [0.2, 0.25) is 0 Å². The molecule has 94 valence electrons. The fourth-order valence-electron chi connectivity index (χ4n) is 1.03. The molecule has 1 aromatic carbocycles. The van der Waals surface area contributed by atoms with Gasteiger partial charge in [0.1, 0.15) is 12.2 Å². The van der Waals surface area contributed by atoms with Crippen LogP contribution in [-0.2, 0) is 16.6 Å². The van der Waals surface area contributed by atoms with Gasteiger partial charge in [-0.05, 0) is 12.1 Å². The lowest BCUT2D eigenvalue weighted by Crippen LogP contribution is -2.10. The quantitative estimate of drug-likeness (QED) is 0.635. The molecule has 0 bridgehead atoms. The van der Waals surface area contributed by atoms with E-state index in [1.54, 1.807) is 14.1 Å². The Morgan fingerprint density at radius 1 is 1.47 bits per heavy atom.